The number of benzene rings is 1. The molecule has 0 fully saturated rings. The Labute approximate surface area is 120 Å². The molecule has 102 valence electrons. The van der Waals surface area contributed by atoms with Crippen molar-refractivity contribution in [3.8, 4) is 5.69 Å². The van der Waals surface area contributed by atoms with Crippen molar-refractivity contribution in [2.75, 3.05) is 0 Å². The van der Waals surface area contributed by atoms with Crippen LogP contribution in [0.4, 0.5) is 0 Å². The van der Waals surface area contributed by atoms with Crippen LogP contribution in [0.5, 0.6) is 0 Å². The first-order valence-corrected chi connectivity index (χ1v) is 7.11. The molecule has 0 amide bonds. The van der Waals surface area contributed by atoms with Crippen molar-refractivity contribution in [1.29, 1.82) is 0 Å². The van der Waals surface area contributed by atoms with E-state index in [1.165, 1.54) is 11.5 Å². The van der Waals surface area contributed by atoms with E-state index in [-0.39, 0.29) is 6.04 Å². The first-order chi connectivity index (χ1) is 9.81. The van der Waals surface area contributed by atoms with Gasteiger partial charge in [0.1, 0.15) is 0 Å². The van der Waals surface area contributed by atoms with Gasteiger partial charge in [-0.15, -0.1) is 10.2 Å². The van der Waals surface area contributed by atoms with Gasteiger partial charge in [-0.1, -0.05) is 34.8 Å². The predicted molar refractivity (Wildman–Crippen MR) is 76.7 cm³/mol. The molecule has 3 rings (SSSR count). The highest BCUT2D eigenvalue weighted by Gasteiger charge is 2.21. The lowest BCUT2D eigenvalue weighted by atomic mass is 10.1. The van der Waals surface area contributed by atoms with Crippen molar-refractivity contribution < 1.29 is 0 Å². The highest BCUT2D eigenvalue weighted by molar-refractivity contribution is 7.05. The Bertz CT molecular complexity index is 690. The van der Waals surface area contributed by atoms with Crippen molar-refractivity contribution in [2.45, 2.75) is 19.4 Å². The molecule has 3 aromatic rings. The summed E-state index contributed by atoms with van der Waals surface area (Å²) < 4.78 is 5.74. The van der Waals surface area contributed by atoms with E-state index in [9.17, 15) is 0 Å². The van der Waals surface area contributed by atoms with Crippen molar-refractivity contribution in [1.82, 2.24) is 24.6 Å². The van der Waals surface area contributed by atoms with Gasteiger partial charge < -0.3 is 5.73 Å². The second-order valence-electron chi connectivity index (χ2n) is 4.32. The third kappa shape index (κ3) is 2.21. The molecule has 7 heteroatoms. The molecule has 2 N–H and O–H groups in total. The second-order valence-corrected chi connectivity index (χ2v) is 5.11. The lowest BCUT2D eigenvalue weighted by Crippen LogP contribution is -2.17. The molecule has 0 radical (unpaired) electrons. The van der Waals surface area contributed by atoms with Gasteiger partial charge in [0.25, 0.3) is 0 Å². The van der Waals surface area contributed by atoms with Crippen LogP contribution in [-0.2, 0) is 6.42 Å². The van der Waals surface area contributed by atoms with E-state index < -0.39 is 0 Å². The van der Waals surface area contributed by atoms with Gasteiger partial charge in [-0.3, -0.25) is 0 Å². The van der Waals surface area contributed by atoms with Crippen LogP contribution in [0.3, 0.4) is 0 Å². The van der Waals surface area contributed by atoms with Crippen LogP contribution in [0.15, 0.2) is 36.5 Å². The van der Waals surface area contributed by atoms with E-state index in [0.29, 0.717) is 0 Å². The largest absolute Gasteiger partial charge is 0.318 e. The molecule has 0 aliphatic heterocycles. The summed E-state index contributed by atoms with van der Waals surface area (Å²) in [4.78, 5) is 0.965. The van der Waals surface area contributed by atoms with Crippen molar-refractivity contribution >= 4 is 11.5 Å². The normalized spacial score (nSPS) is 12.5. The Balaban J connectivity index is 2.02. The summed E-state index contributed by atoms with van der Waals surface area (Å²) in [6, 6.07) is 9.49. The van der Waals surface area contributed by atoms with Crippen LogP contribution in [0.25, 0.3) is 5.69 Å². The summed E-state index contributed by atoms with van der Waals surface area (Å²) in [7, 11) is 0. The molecular formula is C13H14N6S. The molecule has 0 spiro atoms. The topological polar surface area (TPSA) is 82.5 Å². The van der Waals surface area contributed by atoms with Gasteiger partial charge in [-0.05, 0) is 30.1 Å². The van der Waals surface area contributed by atoms with Gasteiger partial charge in [0.15, 0.2) is 0 Å². The first kappa shape index (κ1) is 12.9. The number of nitrogens with zero attached hydrogens (tertiary/aromatic N) is 5. The molecule has 2 heterocycles. The van der Waals surface area contributed by atoms with Crippen LogP contribution in [0.1, 0.15) is 29.2 Å². The predicted octanol–water partition coefficient (Wildman–Crippen LogP) is 1.73. The molecule has 0 saturated heterocycles. The van der Waals surface area contributed by atoms with Crippen molar-refractivity contribution in [3.05, 3.63) is 52.8 Å². The average Bonchev–Trinajstić information content (AvgIpc) is 3.16. The zero-order valence-corrected chi connectivity index (χ0v) is 11.8. The number of hydrogen-bond acceptors (Lipinski definition) is 6. The Hall–Kier alpha value is -2.12. The minimum Gasteiger partial charge on any atom is -0.318 e. The summed E-state index contributed by atoms with van der Waals surface area (Å²) in [6.45, 7) is 2.04. The van der Waals surface area contributed by atoms with E-state index in [0.717, 1.165) is 28.4 Å². The Morgan fingerprint density at radius 3 is 2.85 bits per heavy atom. The highest BCUT2D eigenvalue weighted by Crippen LogP contribution is 2.25. The lowest BCUT2D eigenvalue weighted by molar-refractivity contribution is 0.720. The van der Waals surface area contributed by atoms with Gasteiger partial charge in [0.05, 0.1) is 34.2 Å². The SMILES string of the molecule is CCc1nnsc1C(N)c1cnnn1-c1ccccc1. The number of nitrogens with two attached hydrogens (primary N) is 1. The fourth-order valence-corrected chi connectivity index (χ4v) is 2.81. The Morgan fingerprint density at radius 2 is 2.10 bits per heavy atom. The Morgan fingerprint density at radius 1 is 1.30 bits per heavy atom. The molecule has 6 nitrogen and oxygen atoms in total. The molecule has 0 bridgehead atoms. The monoisotopic (exact) mass is 286 g/mol. The van der Waals surface area contributed by atoms with Crippen LogP contribution in [0.2, 0.25) is 0 Å². The van der Waals surface area contributed by atoms with Gasteiger partial charge in [-0.2, -0.15) is 0 Å². The zero-order valence-electron chi connectivity index (χ0n) is 11.0. The zero-order chi connectivity index (χ0) is 13.9. The second kappa shape index (κ2) is 5.48. The van der Waals surface area contributed by atoms with Gasteiger partial charge in [-0.25, -0.2) is 4.68 Å². The smallest absolute Gasteiger partial charge is 0.0873 e. The molecule has 2 aromatic heterocycles. The van der Waals surface area contributed by atoms with E-state index in [1.54, 1.807) is 10.9 Å². The highest BCUT2D eigenvalue weighted by atomic mass is 32.1. The van der Waals surface area contributed by atoms with Crippen molar-refractivity contribution in [2.24, 2.45) is 5.73 Å². The molecule has 0 aliphatic carbocycles. The molecular weight excluding hydrogens is 272 g/mol. The third-order valence-electron chi connectivity index (χ3n) is 3.10. The van der Waals surface area contributed by atoms with E-state index in [1.807, 2.05) is 37.3 Å². The van der Waals surface area contributed by atoms with Gasteiger partial charge in [0.2, 0.25) is 0 Å². The van der Waals surface area contributed by atoms with E-state index >= 15 is 0 Å². The molecule has 1 aromatic carbocycles. The lowest BCUT2D eigenvalue weighted by Gasteiger charge is -2.12. The molecule has 0 aliphatic rings. The number of rotatable bonds is 4. The molecule has 0 saturated carbocycles. The summed E-state index contributed by atoms with van der Waals surface area (Å²) >= 11 is 1.33. The number of aromatic nitrogens is 5. The molecule has 1 unspecified atom stereocenters. The van der Waals surface area contributed by atoms with Gasteiger partial charge in [0, 0.05) is 0 Å². The van der Waals surface area contributed by atoms with Crippen LogP contribution >= 0.6 is 11.5 Å². The Kier molecular flexibility index (Phi) is 3.53. The van der Waals surface area contributed by atoms with E-state index in [2.05, 4.69) is 19.9 Å². The van der Waals surface area contributed by atoms with Gasteiger partial charge >= 0.3 is 0 Å². The summed E-state index contributed by atoms with van der Waals surface area (Å²) in [5.74, 6) is 0. The quantitative estimate of drug-likeness (QED) is 0.789. The summed E-state index contributed by atoms with van der Waals surface area (Å²) in [6.07, 6.45) is 2.50. The maximum Gasteiger partial charge on any atom is 0.0873 e. The maximum atomic E-state index is 6.35. The van der Waals surface area contributed by atoms with Crippen LogP contribution in [0, 0.1) is 0 Å². The third-order valence-corrected chi connectivity index (χ3v) is 3.95. The first-order valence-electron chi connectivity index (χ1n) is 6.34. The van der Waals surface area contributed by atoms with E-state index in [4.69, 9.17) is 5.73 Å². The fraction of sp³-hybridized carbons (Fsp3) is 0.231. The number of hydrogen-bond donors (Lipinski definition) is 1. The number of aryl methyl sites for hydroxylation is 1. The van der Waals surface area contributed by atoms with Crippen LogP contribution in [-0.4, -0.2) is 24.6 Å². The average molecular weight is 286 g/mol. The molecule has 20 heavy (non-hydrogen) atoms. The van der Waals surface area contributed by atoms with Crippen LogP contribution < -0.4 is 5.73 Å². The molecule has 1 atom stereocenters. The standard InChI is InChI=1S/C13H14N6S/c1-2-10-13(20-18-16-10)12(14)11-8-15-17-19(11)9-6-4-3-5-7-9/h3-8,12H,2,14H2,1H3. The minimum absolute atomic E-state index is 0.319. The maximum absolute atomic E-state index is 6.35. The fourth-order valence-electron chi connectivity index (χ4n) is 2.06. The van der Waals surface area contributed by atoms with Crippen molar-refractivity contribution in [3.63, 3.8) is 0 Å². The summed E-state index contributed by atoms with van der Waals surface area (Å²) in [5.41, 5.74) is 9.05. The minimum atomic E-state index is -0.319. The summed E-state index contributed by atoms with van der Waals surface area (Å²) in [5, 5.41) is 12.2. The number of para-hydroxylation sites is 1.